The number of benzene rings is 1. The van der Waals surface area contributed by atoms with Crippen LogP contribution in [0.2, 0.25) is 10.0 Å². The van der Waals surface area contributed by atoms with Crippen LogP contribution in [0.5, 0.6) is 0 Å². The fourth-order valence-electron chi connectivity index (χ4n) is 2.52. The first-order valence-corrected chi connectivity index (χ1v) is 8.15. The molecule has 0 fully saturated rings. The Morgan fingerprint density at radius 1 is 1.12 bits per heavy atom. The Bertz CT molecular complexity index is 1070. The topological polar surface area (TPSA) is 59.5 Å². The van der Waals surface area contributed by atoms with Crippen molar-refractivity contribution in [3.05, 3.63) is 76.9 Å². The number of aromatic nitrogens is 2. The highest BCUT2D eigenvalue weighted by Crippen LogP contribution is 2.27. The highest BCUT2D eigenvalue weighted by Gasteiger charge is 2.11. The van der Waals surface area contributed by atoms with Crippen LogP contribution in [0.15, 0.2) is 65.5 Å². The van der Waals surface area contributed by atoms with Crippen molar-refractivity contribution < 1.29 is 9.21 Å². The number of halogens is 2. The number of pyridine rings is 1. The van der Waals surface area contributed by atoms with Crippen molar-refractivity contribution in [1.82, 2.24) is 9.38 Å². The van der Waals surface area contributed by atoms with Gasteiger partial charge in [-0.15, -0.1) is 0 Å². The molecule has 5 nitrogen and oxygen atoms in total. The minimum Gasteiger partial charge on any atom is -0.459 e. The van der Waals surface area contributed by atoms with Crippen LogP contribution in [-0.2, 0) is 0 Å². The molecule has 0 radical (unpaired) electrons. The first-order valence-electron chi connectivity index (χ1n) is 7.39. The Balaban J connectivity index is 1.67. The summed E-state index contributed by atoms with van der Waals surface area (Å²) in [6, 6.07) is 12.3. The molecule has 1 N–H and O–H groups in total. The van der Waals surface area contributed by atoms with Crippen molar-refractivity contribution >= 4 is 40.4 Å². The molecule has 0 aliphatic rings. The van der Waals surface area contributed by atoms with E-state index < -0.39 is 0 Å². The van der Waals surface area contributed by atoms with Crippen LogP contribution in [0.3, 0.4) is 0 Å². The van der Waals surface area contributed by atoms with Crippen molar-refractivity contribution in [1.29, 1.82) is 0 Å². The molecule has 0 atom stereocenters. The molecular formula is C18H11Cl2N3O2. The van der Waals surface area contributed by atoms with Crippen molar-refractivity contribution in [3.8, 4) is 11.3 Å². The summed E-state index contributed by atoms with van der Waals surface area (Å²) >= 11 is 12.2. The molecule has 3 aromatic heterocycles. The fraction of sp³-hybridized carbons (Fsp3) is 0. The van der Waals surface area contributed by atoms with Crippen LogP contribution in [0.25, 0.3) is 16.9 Å². The Hall–Kier alpha value is -2.76. The third kappa shape index (κ3) is 3.12. The highest BCUT2D eigenvalue weighted by atomic mass is 35.5. The van der Waals surface area contributed by atoms with E-state index in [1.165, 1.54) is 6.26 Å². The summed E-state index contributed by atoms with van der Waals surface area (Å²) in [5.74, 6) is -0.0634. The second-order valence-corrected chi connectivity index (χ2v) is 6.22. The van der Waals surface area contributed by atoms with Crippen LogP contribution in [0.1, 0.15) is 10.6 Å². The van der Waals surface area contributed by atoms with Gasteiger partial charge in [-0.3, -0.25) is 4.79 Å². The molecule has 0 spiro atoms. The van der Waals surface area contributed by atoms with E-state index >= 15 is 0 Å². The van der Waals surface area contributed by atoms with E-state index in [1.807, 2.05) is 24.4 Å². The molecule has 7 heteroatoms. The number of nitrogens with zero attached hydrogens (tertiary/aromatic N) is 2. The van der Waals surface area contributed by atoms with Crippen molar-refractivity contribution in [2.45, 2.75) is 0 Å². The van der Waals surface area contributed by atoms with Gasteiger partial charge in [-0.1, -0.05) is 35.3 Å². The van der Waals surface area contributed by atoms with Gasteiger partial charge in [0.25, 0.3) is 5.91 Å². The van der Waals surface area contributed by atoms with Crippen molar-refractivity contribution in [2.75, 3.05) is 5.32 Å². The van der Waals surface area contributed by atoms with Gasteiger partial charge in [0.2, 0.25) is 0 Å². The number of hydrogen-bond acceptors (Lipinski definition) is 3. The lowest BCUT2D eigenvalue weighted by atomic mass is 10.1. The van der Waals surface area contributed by atoms with E-state index in [0.717, 1.165) is 11.3 Å². The molecule has 25 heavy (non-hydrogen) atoms. The van der Waals surface area contributed by atoms with E-state index in [4.69, 9.17) is 27.6 Å². The van der Waals surface area contributed by atoms with Gasteiger partial charge < -0.3 is 14.1 Å². The standard InChI is InChI=1S/C18H11Cl2N3O2/c19-12-8-14(20)17-22-15(10-23(17)9-12)11-3-1-4-13(7-11)21-18(24)16-5-2-6-25-16/h1-10H,(H,21,24). The molecular weight excluding hydrogens is 361 g/mol. The van der Waals surface area contributed by atoms with Gasteiger partial charge in [0.05, 0.1) is 22.0 Å². The van der Waals surface area contributed by atoms with Crippen LogP contribution >= 0.6 is 23.2 Å². The van der Waals surface area contributed by atoms with Gasteiger partial charge in [0, 0.05) is 23.6 Å². The Morgan fingerprint density at radius 2 is 2.00 bits per heavy atom. The maximum Gasteiger partial charge on any atom is 0.291 e. The van der Waals surface area contributed by atoms with Gasteiger partial charge >= 0.3 is 0 Å². The van der Waals surface area contributed by atoms with Gasteiger partial charge in [0.1, 0.15) is 0 Å². The van der Waals surface area contributed by atoms with Crippen LogP contribution in [0.4, 0.5) is 5.69 Å². The molecule has 0 bridgehead atoms. The first kappa shape index (κ1) is 15.7. The number of anilines is 1. The number of furan rings is 1. The largest absolute Gasteiger partial charge is 0.459 e. The smallest absolute Gasteiger partial charge is 0.291 e. The molecule has 124 valence electrons. The zero-order valence-electron chi connectivity index (χ0n) is 12.7. The SMILES string of the molecule is O=C(Nc1cccc(-c2cn3cc(Cl)cc(Cl)c3n2)c1)c1ccco1. The average Bonchev–Trinajstić information content (AvgIpc) is 3.24. The Labute approximate surface area is 152 Å². The van der Waals surface area contributed by atoms with E-state index in [1.54, 1.807) is 34.9 Å². The molecule has 4 rings (SSSR count). The number of amides is 1. The second-order valence-electron chi connectivity index (χ2n) is 5.38. The molecule has 0 aliphatic carbocycles. The van der Waals surface area contributed by atoms with Gasteiger partial charge in [-0.05, 0) is 30.3 Å². The van der Waals surface area contributed by atoms with Gasteiger partial charge in [0.15, 0.2) is 11.4 Å². The van der Waals surface area contributed by atoms with Crippen LogP contribution in [0, 0.1) is 0 Å². The molecule has 1 amide bonds. The lowest BCUT2D eigenvalue weighted by molar-refractivity contribution is 0.0996. The molecule has 0 saturated heterocycles. The van der Waals surface area contributed by atoms with E-state index in [0.29, 0.717) is 21.4 Å². The first-order chi connectivity index (χ1) is 12.1. The third-order valence-corrected chi connectivity index (χ3v) is 4.12. The van der Waals surface area contributed by atoms with Crippen LogP contribution < -0.4 is 5.32 Å². The predicted octanol–water partition coefficient (Wildman–Crippen LogP) is 5.15. The lowest BCUT2D eigenvalue weighted by Crippen LogP contribution is -2.10. The summed E-state index contributed by atoms with van der Waals surface area (Å²) in [6.45, 7) is 0. The number of carbonyl (C=O) groups excluding carboxylic acids is 1. The van der Waals surface area contributed by atoms with Crippen LogP contribution in [-0.4, -0.2) is 15.3 Å². The zero-order valence-corrected chi connectivity index (χ0v) is 14.3. The molecule has 0 saturated carbocycles. The fourth-order valence-corrected chi connectivity index (χ4v) is 3.05. The molecule has 3 heterocycles. The summed E-state index contributed by atoms with van der Waals surface area (Å²) in [5, 5.41) is 3.80. The summed E-state index contributed by atoms with van der Waals surface area (Å²) in [4.78, 5) is 16.6. The molecule has 0 unspecified atom stereocenters. The monoisotopic (exact) mass is 371 g/mol. The highest BCUT2D eigenvalue weighted by molar-refractivity contribution is 6.36. The Kier molecular flexibility index (Phi) is 3.95. The van der Waals surface area contributed by atoms with Gasteiger partial charge in [-0.25, -0.2) is 4.98 Å². The molecule has 1 aromatic carbocycles. The second kappa shape index (κ2) is 6.27. The summed E-state index contributed by atoms with van der Waals surface area (Å²) in [5.41, 5.74) is 2.82. The number of fused-ring (bicyclic) bond motifs is 1. The van der Waals surface area contributed by atoms with E-state index in [9.17, 15) is 4.79 Å². The minimum atomic E-state index is -0.313. The van der Waals surface area contributed by atoms with Crippen molar-refractivity contribution in [2.24, 2.45) is 0 Å². The number of rotatable bonds is 3. The summed E-state index contributed by atoms with van der Waals surface area (Å²) < 4.78 is 6.86. The minimum absolute atomic E-state index is 0.250. The average molecular weight is 372 g/mol. The lowest BCUT2D eigenvalue weighted by Gasteiger charge is -2.04. The van der Waals surface area contributed by atoms with E-state index in [2.05, 4.69) is 10.3 Å². The number of imidazole rings is 1. The number of hydrogen-bond donors (Lipinski definition) is 1. The van der Waals surface area contributed by atoms with Crippen molar-refractivity contribution in [3.63, 3.8) is 0 Å². The Morgan fingerprint density at radius 3 is 2.80 bits per heavy atom. The number of nitrogens with one attached hydrogen (secondary N) is 1. The third-order valence-electron chi connectivity index (χ3n) is 3.63. The summed E-state index contributed by atoms with van der Waals surface area (Å²) in [6.07, 6.45) is 5.03. The maximum absolute atomic E-state index is 12.1. The molecule has 4 aromatic rings. The quantitative estimate of drug-likeness (QED) is 0.541. The summed E-state index contributed by atoms with van der Waals surface area (Å²) in [7, 11) is 0. The predicted molar refractivity (Wildman–Crippen MR) is 97.3 cm³/mol. The number of carbonyl (C=O) groups is 1. The van der Waals surface area contributed by atoms with E-state index in [-0.39, 0.29) is 11.7 Å². The normalized spacial score (nSPS) is 11.0. The zero-order chi connectivity index (χ0) is 17.4. The van der Waals surface area contributed by atoms with Gasteiger partial charge in [-0.2, -0.15) is 0 Å². The molecule has 0 aliphatic heterocycles. The maximum atomic E-state index is 12.1.